The molecule has 2 aliphatic rings. The van der Waals surface area contributed by atoms with Gasteiger partial charge in [0.25, 0.3) is 5.89 Å². The number of hydrogen-bond donors (Lipinski definition) is 1. The van der Waals surface area contributed by atoms with Gasteiger partial charge in [-0.1, -0.05) is 23.4 Å². The summed E-state index contributed by atoms with van der Waals surface area (Å²) in [7, 11) is 0. The summed E-state index contributed by atoms with van der Waals surface area (Å²) in [6.45, 7) is 13.0. The lowest BCUT2D eigenvalue weighted by Crippen LogP contribution is -2.40. The number of carbonyl (C=O) groups excluding carboxylic acids is 1. The summed E-state index contributed by atoms with van der Waals surface area (Å²) in [5.41, 5.74) is 4.28. The van der Waals surface area contributed by atoms with E-state index in [1.165, 1.54) is 0 Å². The molecular weight excluding hydrogens is 442 g/mol. The van der Waals surface area contributed by atoms with Crippen LogP contribution in [0.2, 0.25) is 0 Å². The molecule has 0 radical (unpaired) electrons. The molecule has 0 unspecified atom stereocenters. The maximum absolute atomic E-state index is 12.7. The molecule has 3 aromatic rings. The molecule has 8 heteroatoms. The van der Waals surface area contributed by atoms with Gasteiger partial charge in [-0.2, -0.15) is 4.98 Å². The maximum Gasteiger partial charge on any atom is 0.317 e. The lowest BCUT2D eigenvalue weighted by Gasteiger charge is -2.29. The summed E-state index contributed by atoms with van der Waals surface area (Å²) in [6.07, 6.45) is 4.91. The largest absolute Gasteiger partial charge is 0.502 e. The Labute approximate surface area is 205 Å². The van der Waals surface area contributed by atoms with Crippen molar-refractivity contribution in [2.45, 2.75) is 58.1 Å². The summed E-state index contributed by atoms with van der Waals surface area (Å²) in [5.74, 6) is 1.40. The van der Waals surface area contributed by atoms with Crippen LogP contribution in [0.1, 0.15) is 56.7 Å². The third kappa shape index (κ3) is 4.72. The molecule has 1 aliphatic carbocycles. The third-order valence-corrected chi connectivity index (χ3v) is 6.55. The molecule has 180 valence electrons. The van der Waals surface area contributed by atoms with Gasteiger partial charge in [-0.15, -0.1) is 0 Å². The molecule has 0 spiro atoms. The summed E-state index contributed by atoms with van der Waals surface area (Å²) in [4.78, 5) is 22.9. The Morgan fingerprint density at radius 1 is 1.23 bits per heavy atom. The zero-order valence-corrected chi connectivity index (χ0v) is 20.1. The Kier molecular flexibility index (Phi) is 6.41. The van der Waals surface area contributed by atoms with E-state index in [2.05, 4.69) is 26.4 Å². The van der Waals surface area contributed by atoms with Gasteiger partial charge in [0.2, 0.25) is 11.5 Å². The van der Waals surface area contributed by atoms with Gasteiger partial charge in [0.1, 0.15) is 5.75 Å². The van der Waals surface area contributed by atoms with E-state index in [9.17, 15) is 4.79 Å². The number of rotatable bonds is 5. The van der Waals surface area contributed by atoms with E-state index in [0.717, 1.165) is 61.9 Å². The van der Waals surface area contributed by atoms with Gasteiger partial charge in [-0.05, 0) is 75.3 Å². The Morgan fingerprint density at radius 2 is 2.06 bits per heavy atom. The number of carbonyl (C=O) groups is 1. The topological polar surface area (TPSA) is 84.9 Å². The molecule has 2 amide bonds. The van der Waals surface area contributed by atoms with Crippen LogP contribution in [0.5, 0.6) is 5.75 Å². The maximum atomic E-state index is 12.7. The summed E-state index contributed by atoms with van der Waals surface area (Å²) in [5, 5.41) is 7.50. The average Bonchev–Trinajstić information content (AvgIpc) is 3.57. The van der Waals surface area contributed by atoms with Crippen LogP contribution in [-0.4, -0.2) is 40.3 Å². The number of urea groups is 1. The van der Waals surface area contributed by atoms with E-state index in [1.54, 1.807) is 12.1 Å². The van der Waals surface area contributed by atoms with Crippen LogP contribution in [-0.2, 0) is 6.42 Å². The average molecular weight is 472 g/mol. The molecule has 2 heterocycles. The van der Waals surface area contributed by atoms with Gasteiger partial charge in [0.15, 0.2) is 0 Å². The van der Waals surface area contributed by atoms with Crippen molar-refractivity contribution < 1.29 is 14.1 Å². The van der Waals surface area contributed by atoms with Gasteiger partial charge >= 0.3 is 6.03 Å². The molecule has 1 saturated heterocycles. The van der Waals surface area contributed by atoms with Crippen molar-refractivity contribution in [1.29, 1.82) is 0 Å². The quantitative estimate of drug-likeness (QED) is 0.467. The highest BCUT2D eigenvalue weighted by molar-refractivity contribution is 5.76. The van der Waals surface area contributed by atoms with Crippen LogP contribution in [0.25, 0.3) is 27.7 Å². The highest BCUT2D eigenvalue weighted by Crippen LogP contribution is 2.37. The van der Waals surface area contributed by atoms with Gasteiger partial charge in [-0.3, -0.25) is 0 Å². The Hall–Kier alpha value is -3.86. The van der Waals surface area contributed by atoms with Crippen LogP contribution in [0, 0.1) is 6.57 Å². The fourth-order valence-corrected chi connectivity index (χ4v) is 4.91. The van der Waals surface area contributed by atoms with E-state index in [-0.39, 0.29) is 18.2 Å². The second kappa shape index (κ2) is 9.79. The molecule has 5 rings (SSSR count). The normalized spacial score (nSPS) is 17.2. The lowest BCUT2D eigenvalue weighted by molar-refractivity contribution is 0.203. The predicted molar refractivity (Wildman–Crippen MR) is 132 cm³/mol. The van der Waals surface area contributed by atoms with Crippen molar-refractivity contribution in [3.05, 3.63) is 58.9 Å². The first-order valence-corrected chi connectivity index (χ1v) is 12.2. The fourth-order valence-electron chi connectivity index (χ4n) is 4.91. The van der Waals surface area contributed by atoms with Crippen molar-refractivity contribution >= 4 is 11.7 Å². The van der Waals surface area contributed by atoms with Gasteiger partial charge in [-0.25, -0.2) is 9.64 Å². The zero-order valence-electron chi connectivity index (χ0n) is 20.1. The number of hydrogen-bond acceptors (Lipinski definition) is 5. The van der Waals surface area contributed by atoms with Gasteiger partial charge < -0.3 is 19.5 Å². The second-order valence-electron chi connectivity index (χ2n) is 9.35. The van der Waals surface area contributed by atoms with Crippen LogP contribution >= 0.6 is 0 Å². The SMILES string of the molecule is [C-]#[N+]c1cc(-c2nc(-c3cccc4c3CCC[C@@H]4NC(=O)N3CCCC3)no2)ccc1OC(C)C. The van der Waals surface area contributed by atoms with Crippen LogP contribution < -0.4 is 10.1 Å². The smallest absolute Gasteiger partial charge is 0.317 e. The second-order valence-corrected chi connectivity index (χ2v) is 9.35. The molecule has 1 aromatic heterocycles. The molecular formula is C27H29N5O3. The van der Waals surface area contributed by atoms with Crippen LogP contribution in [0.15, 0.2) is 40.9 Å². The molecule has 1 N–H and O–H groups in total. The minimum Gasteiger partial charge on any atom is -0.502 e. The van der Waals surface area contributed by atoms with Gasteiger partial charge in [0, 0.05) is 24.2 Å². The first kappa shape index (κ1) is 22.9. The molecule has 8 nitrogen and oxygen atoms in total. The molecule has 35 heavy (non-hydrogen) atoms. The number of fused-ring (bicyclic) bond motifs is 1. The highest BCUT2D eigenvalue weighted by atomic mass is 16.5. The Morgan fingerprint density at radius 3 is 2.83 bits per heavy atom. The summed E-state index contributed by atoms with van der Waals surface area (Å²) >= 11 is 0. The Bertz CT molecular complexity index is 1270. The van der Waals surface area contributed by atoms with Crippen molar-refractivity contribution in [2.24, 2.45) is 0 Å². The number of likely N-dealkylation sites (tertiary alicyclic amines) is 1. The molecule has 0 bridgehead atoms. The molecule has 1 atom stereocenters. The molecule has 1 fully saturated rings. The highest BCUT2D eigenvalue weighted by Gasteiger charge is 2.28. The number of nitrogens with zero attached hydrogens (tertiary/aromatic N) is 4. The molecule has 0 saturated carbocycles. The number of aromatic nitrogens is 2. The third-order valence-electron chi connectivity index (χ3n) is 6.55. The molecule has 2 aromatic carbocycles. The van der Waals surface area contributed by atoms with Crippen molar-refractivity contribution in [3.8, 4) is 28.6 Å². The number of benzene rings is 2. The first-order valence-electron chi connectivity index (χ1n) is 12.2. The van der Waals surface area contributed by atoms with E-state index >= 15 is 0 Å². The summed E-state index contributed by atoms with van der Waals surface area (Å²) in [6, 6.07) is 11.4. The number of ether oxygens (including phenoxy) is 1. The van der Waals surface area contributed by atoms with E-state index in [4.69, 9.17) is 15.8 Å². The number of nitrogens with one attached hydrogen (secondary N) is 1. The minimum atomic E-state index is -0.0235. The van der Waals surface area contributed by atoms with Crippen molar-refractivity contribution in [1.82, 2.24) is 20.4 Å². The van der Waals surface area contributed by atoms with Gasteiger partial charge in [0.05, 0.1) is 18.7 Å². The van der Waals surface area contributed by atoms with Crippen molar-refractivity contribution in [3.63, 3.8) is 0 Å². The summed E-state index contributed by atoms with van der Waals surface area (Å²) < 4.78 is 11.3. The standard InChI is InChI=1S/C27H29N5O3/c1-17(2)34-24-13-12-18(16-23(24)28-3)26-30-25(31-35-26)21-10-6-9-20-19(21)8-7-11-22(20)29-27(33)32-14-4-5-15-32/h6,9-10,12-13,16-17,22H,4-5,7-8,11,14-15H2,1-2H3,(H,29,33)/t22-/m0/s1. The fraction of sp³-hybridized carbons (Fsp3) is 0.407. The first-order chi connectivity index (χ1) is 17.0. The monoisotopic (exact) mass is 471 g/mol. The van der Waals surface area contributed by atoms with Crippen LogP contribution in [0.4, 0.5) is 10.5 Å². The Balaban J connectivity index is 1.41. The molecule has 1 aliphatic heterocycles. The van der Waals surface area contributed by atoms with Crippen molar-refractivity contribution in [2.75, 3.05) is 13.1 Å². The minimum absolute atomic E-state index is 0.0205. The zero-order chi connectivity index (χ0) is 24.4. The van der Waals surface area contributed by atoms with E-state index in [1.807, 2.05) is 36.9 Å². The van der Waals surface area contributed by atoms with Crippen LogP contribution in [0.3, 0.4) is 0 Å². The number of amides is 2. The van der Waals surface area contributed by atoms with E-state index in [0.29, 0.717) is 28.7 Å². The van der Waals surface area contributed by atoms with E-state index < -0.39 is 0 Å². The lowest BCUT2D eigenvalue weighted by atomic mass is 9.84. The predicted octanol–water partition coefficient (Wildman–Crippen LogP) is 5.92.